The van der Waals surface area contributed by atoms with E-state index in [1.807, 2.05) is 25.9 Å². The molecular weight excluding hydrogens is 258 g/mol. The van der Waals surface area contributed by atoms with Crippen LogP contribution in [0, 0.1) is 5.92 Å². The number of carboxylic acid groups (broad SMARTS) is 1. The zero-order valence-corrected chi connectivity index (χ0v) is 12.8. The fraction of sp³-hybridized carbons (Fsp3) is 0.857. The molecule has 1 saturated heterocycles. The third-order valence-corrected chi connectivity index (χ3v) is 3.95. The number of urea groups is 1. The van der Waals surface area contributed by atoms with Crippen LogP contribution in [0.5, 0.6) is 0 Å². The lowest BCUT2D eigenvalue weighted by Crippen LogP contribution is -2.41. The third kappa shape index (κ3) is 5.77. The van der Waals surface area contributed by atoms with Crippen LogP contribution in [-0.2, 0) is 4.79 Å². The summed E-state index contributed by atoms with van der Waals surface area (Å²) in [7, 11) is 4.08. The van der Waals surface area contributed by atoms with Crippen LogP contribution >= 0.6 is 0 Å². The zero-order valence-electron chi connectivity index (χ0n) is 12.8. The molecule has 1 heterocycles. The summed E-state index contributed by atoms with van der Waals surface area (Å²) >= 11 is 0. The molecule has 1 aliphatic heterocycles. The molecule has 1 rings (SSSR count). The lowest BCUT2D eigenvalue weighted by Gasteiger charge is -2.21. The standard InChI is InChI=1S/C14H27N3O3/c1-11(4-5-13(18)19)6-8-15-14(20)17-9-7-12(10-17)16(2)3/h11-12H,4-10H2,1-3H3,(H,15,20)(H,18,19). The van der Waals surface area contributed by atoms with E-state index in [2.05, 4.69) is 10.2 Å². The molecule has 0 aromatic heterocycles. The monoisotopic (exact) mass is 285 g/mol. The summed E-state index contributed by atoms with van der Waals surface area (Å²) in [6, 6.07) is 0.454. The summed E-state index contributed by atoms with van der Waals surface area (Å²) in [6.45, 7) is 4.23. The van der Waals surface area contributed by atoms with Crippen LogP contribution in [0.1, 0.15) is 32.6 Å². The molecule has 116 valence electrons. The van der Waals surface area contributed by atoms with Gasteiger partial charge in [0.2, 0.25) is 0 Å². The summed E-state index contributed by atoms with van der Waals surface area (Å²) in [6.07, 6.45) is 2.71. The Labute approximate surface area is 121 Å². The van der Waals surface area contributed by atoms with E-state index < -0.39 is 5.97 Å². The third-order valence-electron chi connectivity index (χ3n) is 3.95. The average molecular weight is 285 g/mol. The number of likely N-dealkylation sites (N-methyl/N-ethyl adjacent to an activating group) is 1. The van der Waals surface area contributed by atoms with Crippen molar-refractivity contribution in [1.82, 2.24) is 15.1 Å². The van der Waals surface area contributed by atoms with E-state index in [-0.39, 0.29) is 12.5 Å². The van der Waals surface area contributed by atoms with Crippen molar-refractivity contribution < 1.29 is 14.7 Å². The smallest absolute Gasteiger partial charge is 0.317 e. The van der Waals surface area contributed by atoms with Crippen molar-refractivity contribution in [1.29, 1.82) is 0 Å². The number of carboxylic acids is 1. The maximum absolute atomic E-state index is 12.0. The summed E-state index contributed by atoms with van der Waals surface area (Å²) in [5.74, 6) is -0.438. The van der Waals surface area contributed by atoms with Crippen LogP contribution in [0.3, 0.4) is 0 Å². The number of likely N-dealkylation sites (tertiary alicyclic amines) is 1. The van der Waals surface area contributed by atoms with Gasteiger partial charge in [-0.25, -0.2) is 4.79 Å². The van der Waals surface area contributed by atoms with Crippen molar-refractivity contribution in [2.75, 3.05) is 33.7 Å². The lowest BCUT2D eigenvalue weighted by atomic mass is 10.0. The Morgan fingerprint density at radius 1 is 1.40 bits per heavy atom. The average Bonchev–Trinajstić information content (AvgIpc) is 2.86. The maximum atomic E-state index is 12.0. The molecule has 2 N–H and O–H groups in total. The fourth-order valence-corrected chi connectivity index (χ4v) is 2.40. The summed E-state index contributed by atoms with van der Waals surface area (Å²) in [5, 5.41) is 11.5. The Hall–Kier alpha value is -1.30. The van der Waals surface area contributed by atoms with Gasteiger partial charge in [-0.1, -0.05) is 6.92 Å². The number of rotatable bonds is 7. The van der Waals surface area contributed by atoms with E-state index in [1.165, 1.54) is 0 Å². The topological polar surface area (TPSA) is 72.9 Å². The molecule has 0 saturated carbocycles. The molecule has 6 nitrogen and oxygen atoms in total. The van der Waals surface area contributed by atoms with E-state index in [0.717, 1.165) is 25.9 Å². The van der Waals surface area contributed by atoms with Gasteiger partial charge < -0.3 is 20.2 Å². The van der Waals surface area contributed by atoms with E-state index in [4.69, 9.17) is 5.11 Å². The minimum absolute atomic E-state index is 0.000199. The van der Waals surface area contributed by atoms with Gasteiger partial charge in [0.05, 0.1) is 0 Å². The number of carbonyl (C=O) groups is 2. The van der Waals surface area contributed by atoms with Gasteiger partial charge in [0, 0.05) is 32.1 Å². The number of carbonyl (C=O) groups excluding carboxylic acids is 1. The van der Waals surface area contributed by atoms with Crippen molar-refractivity contribution in [2.45, 2.75) is 38.6 Å². The number of amides is 2. The minimum Gasteiger partial charge on any atom is -0.481 e. The van der Waals surface area contributed by atoms with Gasteiger partial charge in [0.15, 0.2) is 0 Å². The number of nitrogens with zero attached hydrogens (tertiary/aromatic N) is 2. The van der Waals surface area contributed by atoms with Gasteiger partial charge in [0.1, 0.15) is 0 Å². The number of aliphatic carboxylic acids is 1. The fourth-order valence-electron chi connectivity index (χ4n) is 2.40. The van der Waals surface area contributed by atoms with Crippen molar-refractivity contribution in [2.24, 2.45) is 5.92 Å². The summed E-state index contributed by atoms with van der Waals surface area (Å²) in [4.78, 5) is 26.4. The highest BCUT2D eigenvalue weighted by Gasteiger charge is 2.27. The minimum atomic E-state index is -0.757. The Bertz CT molecular complexity index is 334. The largest absolute Gasteiger partial charge is 0.481 e. The van der Waals surface area contributed by atoms with Gasteiger partial charge in [0.25, 0.3) is 0 Å². The quantitative estimate of drug-likeness (QED) is 0.738. The van der Waals surface area contributed by atoms with E-state index in [0.29, 0.717) is 24.9 Å². The summed E-state index contributed by atoms with van der Waals surface area (Å²) in [5.41, 5.74) is 0. The van der Waals surface area contributed by atoms with Crippen LogP contribution in [-0.4, -0.2) is 66.7 Å². The van der Waals surface area contributed by atoms with Crippen molar-refractivity contribution >= 4 is 12.0 Å². The first-order valence-electron chi connectivity index (χ1n) is 7.31. The second kappa shape index (κ2) is 8.09. The normalized spacial score (nSPS) is 20.2. The number of nitrogens with one attached hydrogen (secondary N) is 1. The first-order chi connectivity index (χ1) is 9.40. The second-order valence-corrected chi connectivity index (χ2v) is 5.91. The first kappa shape index (κ1) is 16.8. The van der Waals surface area contributed by atoms with E-state index in [1.54, 1.807) is 0 Å². The molecule has 0 spiro atoms. The van der Waals surface area contributed by atoms with Crippen LogP contribution in [0.25, 0.3) is 0 Å². The second-order valence-electron chi connectivity index (χ2n) is 5.91. The highest BCUT2D eigenvalue weighted by atomic mass is 16.4. The zero-order chi connectivity index (χ0) is 15.1. The first-order valence-corrected chi connectivity index (χ1v) is 7.31. The predicted octanol–water partition coefficient (Wildman–Crippen LogP) is 1.22. The molecule has 1 fully saturated rings. The number of hydrogen-bond acceptors (Lipinski definition) is 3. The van der Waals surface area contributed by atoms with Gasteiger partial charge in [-0.15, -0.1) is 0 Å². The van der Waals surface area contributed by atoms with E-state index >= 15 is 0 Å². The molecule has 6 heteroatoms. The Morgan fingerprint density at radius 3 is 2.65 bits per heavy atom. The Kier molecular flexibility index (Phi) is 6.78. The maximum Gasteiger partial charge on any atom is 0.317 e. The molecule has 0 aliphatic carbocycles. The predicted molar refractivity (Wildman–Crippen MR) is 77.7 cm³/mol. The molecule has 2 atom stereocenters. The van der Waals surface area contributed by atoms with Crippen LogP contribution in [0.15, 0.2) is 0 Å². The van der Waals surface area contributed by atoms with Crippen LogP contribution in [0.2, 0.25) is 0 Å². The van der Waals surface area contributed by atoms with Crippen molar-refractivity contribution in [3.05, 3.63) is 0 Å². The van der Waals surface area contributed by atoms with Gasteiger partial charge in [-0.3, -0.25) is 4.79 Å². The number of hydrogen-bond donors (Lipinski definition) is 2. The highest BCUT2D eigenvalue weighted by molar-refractivity contribution is 5.74. The van der Waals surface area contributed by atoms with E-state index in [9.17, 15) is 9.59 Å². The van der Waals surface area contributed by atoms with Crippen molar-refractivity contribution in [3.63, 3.8) is 0 Å². The molecule has 1 aliphatic rings. The SMILES string of the molecule is CC(CCNC(=O)N1CCC(N(C)C)C1)CCC(=O)O. The Morgan fingerprint density at radius 2 is 2.10 bits per heavy atom. The molecule has 2 unspecified atom stereocenters. The molecule has 20 heavy (non-hydrogen) atoms. The van der Waals surface area contributed by atoms with Crippen molar-refractivity contribution in [3.8, 4) is 0 Å². The van der Waals surface area contributed by atoms with Gasteiger partial charge >= 0.3 is 12.0 Å². The van der Waals surface area contributed by atoms with Gasteiger partial charge in [-0.05, 0) is 39.3 Å². The molecule has 2 amide bonds. The van der Waals surface area contributed by atoms with Crippen LogP contribution < -0.4 is 5.32 Å². The summed E-state index contributed by atoms with van der Waals surface area (Å²) < 4.78 is 0. The molecule has 0 bridgehead atoms. The molecular formula is C14H27N3O3. The van der Waals surface area contributed by atoms with Crippen LogP contribution in [0.4, 0.5) is 4.79 Å². The lowest BCUT2D eigenvalue weighted by molar-refractivity contribution is -0.137. The molecule has 0 aromatic rings. The highest BCUT2D eigenvalue weighted by Crippen LogP contribution is 2.13. The molecule has 0 aromatic carbocycles. The van der Waals surface area contributed by atoms with Gasteiger partial charge in [-0.2, -0.15) is 0 Å². The molecule has 0 radical (unpaired) electrons. The Balaban J connectivity index is 2.16.